The Morgan fingerprint density at radius 3 is 2.80 bits per heavy atom. The second-order valence-corrected chi connectivity index (χ2v) is 6.49. The monoisotopic (exact) mass is 380 g/mol. The topological polar surface area (TPSA) is 102 Å². The van der Waals surface area contributed by atoms with Crippen molar-refractivity contribution in [1.82, 2.24) is 19.5 Å². The van der Waals surface area contributed by atoms with Crippen LogP contribution in [0, 0.1) is 0 Å². The third kappa shape index (κ3) is 3.72. The Hall–Kier alpha value is -2.25. The highest BCUT2D eigenvalue weighted by molar-refractivity contribution is 6.42. The van der Waals surface area contributed by atoms with Crippen LogP contribution in [0.3, 0.4) is 0 Å². The van der Waals surface area contributed by atoms with Crippen LogP contribution in [0.25, 0.3) is 11.2 Å². The van der Waals surface area contributed by atoms with E-state index < -0.39 is 0 Å². The number of hydrogen-bond acceptors (Lipinski definition) is 5. The Bertz CT molecular complexity index is 965. The number of nitrogens with one attached hydrogen (secondary N) is 2. The van der Waals surface area contributed by atoms with Crippen molar-refractivity contribution < 1.29 is 0 Å². The van der Waals surface area contributed by atoms with Crippen LogP contribution in [0.4, 0.5) is 11.8 Å². The summed E-state index contributed by atoms with van der Waals surface area (Å²) in [6.07, 6.45) is 2.04. The zero-order chi connectivity index (χ0) is 18.0. The average molecular weight is 381 g/mol. The van der Waals surface area contributed by atoms with Crippen LogP contribution in [0.15, 0.2) is 23.0 Å². The number of anilines is 2. The first-order chi connectivity index (χ1) is 12.0. The predicted molar refractivity (Wildman–Crippen MR) is 102 cm³/mol. The Kier molecular flexibility index (Phi) is 5.15. The number of H-pyrrole nitrogens is 1. The van der Waals surface area contributed by atoms with Gasteiger partial charge in [0.1, 0.15) is 5.52 Å². The van der Waals surface area contributed by atoms with Crippen LogP contribution in [-0.2, 0) is 6.54 Å². The molecular formula is C16H18Cl2N6O. The fourth-order valence-electron chi connectivity index (χ4n) is 2.47. The number of aromatic amines is 1. The van der Waals surface area contributed by atoms with E-state index in [1.165, 1.54) is 4.57 Å². The van der Waals surface area contributed by atoms with E-state index in [9.17, 15) is 4.79 Å². The number of aromatic nitrogens is 4. The maximum atomic E-state index is 12.3. The van der Waals surface area contributed by atoms with Gasteiger partial charge < -0.3 is 16.0 Å². The third-order valence-corrected chi connectivity index (χ3v) is 4.53. The van der Waals surface area contributed by atoms with Crippen molar-refractivity contribution in [3.05, 3.63) is 44.3 Å². The number of nitrogen functional groups attached to an aromatic ring is 1. The lowest BCUT2D eigenvalue weighted by Gasteiger charge is -2.08. The number of halogens is 2. The molecular weight excluding hydrogens is 363 g/mol. The molecule has 9 heteroatoms. The zero-order valence-electron chi connectivity index (χ0n) is 13.6. The van der Waals surface area contributed by atoms with E-state index in [2.05, 4.69) is 27.2 Å². The van der Waals surface area contributed by atoms with E-state index in [-0.39, 0.29) is 11.5 Å². The quantitative estimate of drug-likeness (QED) is 0.569. The molecule has 0 unspecified atom stereocenters. The maximum Gasteiger partial charge on any atom is 0.328 e. The fourth-order valence-corrected chi connectivity index (χ4v) is 2.80. The Balaban J connectivity index is 2.00. The van der Waals surface area contributed by atoms with E-state index in [0.717, 1.165) is 24.9 Å². The average Bonchev–Trinajstić information content (AvgIpc) is 2.88. The van der Waals surface area contributed by atoms with Gasteiger partial charge in [0.15, 0.2) is 11.5 Å². The number of fused-ring (bicyclic) bond motifs is 1. The largest absolute Gasteiger partial charge is 0.382 e. The molecule has 7 nitrogen and oxygen atoms in total. The van der Waals surface area contributed by atoms with Gasteiger partial charge in [-0.05, 0) is 24.1 Å². The highest BCUT2D eigenvalue weighted by Gasteiger charge is 2.14. The van der Waals surface area contributed by atoms with Crippen LogP contribution < -0.4 is 16.7 Å². The minimum absolute atomic E-state index is 0.231. The molecule has 0 aliphatic heterocycles. The molecule has 0 aliphatic rings. The number of hydrogen-bond donors (Lipinski definition) is 3. The van der Waals surface area contributed by atoms with Gasteiger partial charge >= 0.3 is 5.69 Å². The van der Waals surface area contributed by atoms with Crippen molar-refractivity contribution in [1.29, 1.82) is 0 Å². The van der Waals surface area contributed by atoms with E-state index in [1.807, 2.05) is 6.07 Å². The first kappa shape index (κ1) is 17.6. The third-order valence-electron chi connectivity index (χ3n) is 3.79. The molecule has 0 spiro atoms. The first-order valence-corrected chi connectivity index (χ1v) is 8.69. The summed E-state index contributed by atoms with van der Waals surface area (Å²) in [6.45, 7) is 3.13. The zero-order valence-corrected chi connectivity index (χ0v) is 15.2. The normalized spacial score (nSPS) is 11.2. The van der Waals surface area contributed by atoms with Crippen LogP contribution in [0.1, 0.15) is 25.3 Å². The summed E-state index contributed by atoms with van der Waals surface area (Å²) in [5.74, 6) is 0.634. The van der Waals surface area contributed by atoms with Gasteiger partial charge in [0.25, 0.3) is 0 Å². The Morgan fingerprint density at radius 1 is 1.28 bits per heavy atom. The van der Waals surface area contributed by atoms with Gasteiger partial charge in [0, 0.05) is 6.54 Å². The van der Waals surface area contributed by atoms with Crippen molar-refractivity contribution >= 4 is 46.1 Å². The number of nitrogens with two attached hydrogens (primary N) is 1. The number of rotatable bonds is 6. The molecule has 25 heavy (non-hydrogen) atoms. The summed E-state index contributed by atoms with van der Waals surface area (Å²) >= 11 is 12.0. The van der Waals surface area contributed by atoms with Gasteiger partial charge in [-0.2, -0.15) is 9.97 Å². The van der Waals surface area contributed by atoms with Crippen LogP contribution in [0.2, 0.25) is 10.0 Å². The molecule has 4 N–H and O–H groups in total. The van der Waals surface area contributed by atoms with Crippen molar-refractivity contribution in [2.24, 2.45) is 0 Å². The lowest BCUT2D eigenvalue weighted by atomic mass is 10.2. The van der Waals surface area contributed by atoms with Crippen molar-refractivity contribution in [2.75, 3.05) is 17.6 Å². The predicted octanol–water partition coefficient (Wildman–Crippen LogP) is 3.27. The van der Waals surface area contributed by atoms with Crippen molar-refractivity contribution in [3.63, 3.8) is 0 Å². The fraction of sp³-hybridized carbons (Fsp3) is 0.312. The summed E-state index contributed by atoms with van der Waals surface area (Å²) in [6, 6.07) is 5.23. The Labute approximate surface area is 154 Å². The molecule has 0 atom stereocenters. The van der Waals surface area contributed by atoms with E-state index in [0.29, 0.717) is 33.7 Å². The van der Waals surface area contributed by atoms with Gasteiger partial charge in [-0.3, -0.25) is 4.57 Å². The SMILES string of the molecule is CCCCNc1nc(N)c2[nH]c(=O)n(Cc3ccc(Cl)c(Cl)c3)c2n1. The summed E-state index contributed by atoms with van der Waals surface area (Å²) in [5, 5.41) is 4.02. The lowest BCUT2D eigenvalue weighted by Crippen LogP contribution is -2.18. The Morgan fingerprint density at radius 2 is 2.08 bits per heavy atom. The molecule has 3 rings (SSSR count). The minimum atomic E-state index is -0.312. The van der Waals surface area contributed by atoms with E-state index in [1.54, 1.807) is 12.1 Å². The molecule has 0 radical (unpaired) electrons. The standard InChI is InChI=1S/C16H18Cl2N6O/c1-2-3-6-20-15-22-13(19)12-14(23-15)24(16(25)21-12)8-9-4-5-10(17)11(18)7-9/h4-5,7H,2-3,6,8H2,1H3,(H,21,25)(H3,19,20,22,23). The van der Waals surface area contributed by atoms with Gasteiger partial charge in [-0.15, -0.1) is 0 Å². The van der Waals surface area contributed by atoms with Crippen LogP contribution in [0.5, 0.6) is 0 Å². The van der Waals surface area contributed by atoms with E-state index in [4.69, 9.17) is 28.9 Å². The smallest absolute Gasteiger partial charge is 0.328 e. The summed E-state index contributed by atoms with van der Waals surface area (Å²) < 4.78 is 1.50. The number of benzene rings is 1. The van der Waals surface area contributed by atoms with Crippen molar-refractivity contribution in [2.45, 2.75) is 26.3 Å². The maximum absolute atomic E-state index is 12.3. The molecule has 0 fully saturated rings. The minimum Gasteiger partial charge on any atom is -0.382 e. The highest BCUT2D eigenvalue weighted by Crippen LogP contribution is 2.24. The van der Waals surface area contributed by atoms with Gasteiger partial charge in [0.05, 0.1) is 16.6 Å². The number of unbranched alkanes of at least 4 members (excludes halogenated alkanes) is 1. The molecule has 2 heterocycles. The number of imidazole rings is 1. The van der Waals surface area contributed by atoms with Crippen molar-refractivity contribution in [3.8, 4) is 0 Å². The molecule has 0 saturated heterocycles. The van der Waals surface area contributed by atoms with Crippen LogP contribution in [-0.4, -0.2) is 26.1 Å². The second kappa shape index (κ2) is 7.33. The molecule has 0 bridgehead atoms. The van der Waals surface area contributed by atoms with E-state index >= 15 is 0 Å². The lowest BCUT2D eigenvalue weighted by molar-refractivity contribution is 0.776. The number of nitrogens with zero attached hydrogens (tertiary/aromatic N) is 3. The highest BCUT2D eigenvalue weighted by atomic mass is 35.5. The second-order valence-electron chi connectivity index (χ2n) is 5.68. The first-order valence-electron chi connectivity index (χ1n) is 7.93. The molecule has 0 amide bonds. The molecule has 132 valence electrons. The molecule has 1 aromatic carbocycles. The summed E-state index contributed by atoms with van der Waals surface area (Å²) in [5.41, 5.74) is 7.35. The van der Waals surface area contributed by atoms with Gasteiger partial charge in [0.2, 0.25) is 5.95 Å². The van der Waals surface area contributed by atoms with Gasteiger partial charge in [-0.25, -0.2) is 4.79 Å². The molecule has 3 aromatic rings. The van der Waals surface area contributed by atoms with Crippen LogP contribution >= 0.6 is 23.2 Å². The molecule has 0 saturated carbocycles. The van der Waals surface area contributed by atoms with Gasteiger partial charge in [-0.1, -0.05) is 42.6 Å². The summed E-state index contributed by atoms with van der Waals surface area (Å²) in [7, 11) is 0. The summed E-state index contributed by atoms with van der Waals surface area (Å²) in [4.78, 5) is 23.7. The molecule has 2 aromatic heterocycles. The molecule has 0 aliphatic carbocycles.